The number of piperidine rings is 1. The predicted molar refractivity (Wildman–Crippen MR) is 80.4 cm³/mol. The van der Waals surface area contributed by atoms with Gasteiger partial charge < -0.3 is 15.3 Å². The maximum absolute atomic E-state index is 14.2. The molecular formula is C16H25FN2O. The minimum atomic E-state index is -0.337. The topological polar surface area (TPSA) is 35.5 Å². The highest BCUT2D eigenvalue weighted by Crippen LogP contribution is 2.24. The predicted octanol–water partition coefficient (Wildman–Crippen LogP) is 2.53. The Kier molecular flexibility index (Phi) is 5.38. The van der Waals surface area contributed by atoms with Crippen LogP contribution in [0.25, 0.3) is 0 Å². The molecular weight excluding hydrogens is 255 g/mol. The number of nitrogens with zero attached hydrogens (tertiary/aromatic N) is 1. The van der Waals surface area contributed by atoms with Crippen LogP contribution in [0, 0.1) is 11.7 Å². The lowest BCUT2D eigenvalue weighted by atomic mass is 10.1. The molecule has 0 saturated carbocycles. The molecule has 4 heteroatoms. The van der Waals surface area contributed by atoms with Gasteiger partial charge in [-0.15, -0.1) is 0 Å². The third-order valence-corrected chi connectivity index (χ3v) is 3.63. The number of hydrogen-bond acceptors (Lipinski definition) is 3. The Bertz CT molecular complexity index is 436. The van der Waals surface area contributed by atoms with Gasteiger partial charge in [0.15, 0.2) is 0 Å². The molecule has 112 valence electrons. The van der Waals surface area contributed by atoms with Crippen molar-refractivity contribution >= 4 is 5.69 Å². The number of nitrogens with one attached hydrogen (secondary N) is 1. The number of β-amino-alcohol motifs (C(OH)–C–C–N with tert-alkyl or cyclic N) is 1. The highest BCUT2D eigenvalue weighted by molar-refractivity contribution is 5.49. The monoisotopic (exact) mass is 280 g/mol. The molecule has 1 unspecified atom stereocenters. The van der Waals surface area contributed by atoms with Crippen molar-refractivity contribution in [2.75, 3.05) is 24.5 Å². The smallest absolute Gasteiger partial charge is 0.146 e. The quantitative estimate of drug-likeness (QED) is 0.870. The van der Waals surface area contributed by atoms with Gasteiger partial charge in [0.25, 0.3) is 0 Å². The lowest BCUT2D eigenvalue weighted by Crippen LogP contribution is -2.38. The molecule has 0 spiro atoms. The largest absolute Gasteiger partial charge is 0.391 e. The van der Waals surface area contributed by atoms with Gasteiger partial charge in [0.1, 0.15) is 5.82 Å². The minimum absolute atomic E-state index is 0.192. The van der Waals surface area contributed by atoms with Gasteiger partial charge in [-0.25, -0.2) is 4.39 Å². The van der Waals surface area contributed by atoms with Crippen molar-refractivity contribution in [2.24, 2.45) is 5.92 Å². The van der Waals surface area contributed by atoms with Crippen molar-refractivity contribution in [3.63, 3.8) is 0 Å². The molecule has 1 aromatic carbocycles. The molecule has 0 radical (unpaired) electrons. The molecule has 1 heterocycles. The summed E-state index contributed by atoms with van der Waals surface area (Å²) in [6, 6.07) is 5.40. The van der Waals surface area contributed by atoms with Crippen molar-refractivity contribution < 1.29 is 9.50 Å². The number of benzene rings is 1. The van der Waals surface area contributed by atoms with Crippen molar-refractivity contribution in [1.82, 2.24) is 5.32 Å². The second-order valence-electron chi connectivity index (χ2n) is 6.05. The molecule has 0 amide bonds. The minimum Gasteiger partial charge on any atom is -0.391 e. The van der Waals surface area contributed by atoms with E-state index in [9.17, 15) is 9.50 Å². The Morgan fingerprint density at radius 2 is 2.25 bits per heavy atom. The summed E-state index contributed by atoms with van der Waals surface area (Å²) in [7, 11) is 0. The fourth-order valence-corrected chi connectivity index (χ4v) is 2.60. The fraction of sp³-hybridized carbons (Fsp3) is 0.625. The first-order valence-corrected chi connectivity index (χ1v) is 7.48. The van der Waals surface area contributed by atoms with Crippen molar-refractivity contribution in [3.8, 4) is 0 Å². The van der Waals surface area contributed by atoms with Crippen LogP contribution in [0.15, 0.2) is 18.2 Å². The summed E-state index contributed by atoms with van der Waals surface area (Å²) in [5, 5.41) is 13.0. The van der Waals surface area contributed by atoms with Crippen LogP contribution in [0.4, 0.5) is 10.1 Å². The first-order chi connectivity index (χ1) is 9.56. The standard InChI is InChI=1S/C16H25FN2O/c1-12(2)9-18-10-13-5-6-16(15(17)8-13)19-7-3-4-14(20)11-19/h5-6,8,12,14,18,20H,3-4,7,9-11H2,1-2H3. The maximum Gasteiger partial charge on any atom is 0.146 e. The van der Waals surface area contributed by atoms with Crippen LogP contribution in [0.3, 0.4) is 0 Å². The zero-order chi connectivity index (χ0) is 14.5. The SMILES string of the molecule is CC(C)CNCc1ccc(N2CCCC(O)C2)c(F)c1. The van der Waals surface area contributed by atoms with Crippen LogP contribution in [0.5, 0.6) is 0 Å². The first-order valence-electron chi connectivity index (χ1n) is 7.48. The molecule has 1 saturated heterocycles. The van der Waals surface area contributed by atoms with Crippen LogP contribution in [-0.2, 0) is 6.54 Å². The summed E-state index contributed by atoms with van der Waals surface area (Å²) in [5.74, 6) is 0.400. The van der Waals surface area contributed by atoms with Crippen LogP contribution >= 0.6 is 0 Å². The van der Waals surface area contributed by atoms with Crippen molar-refractivity contribution in [1.29, 1.82) is 0 Å². The molecule has 1 fully saturated rings. The average molecular weight is 280 g/mol. The number of halogens is 1. The Labute approximate surface area is 120 Å². The van der Waals surface area contributed by atoms with Crippen molar-refractivity contribution in [2.45, 2.75) is 39.3 Å². The van der Waals surface area contributed by atoms with E-state index in [1.54, 1.807) is 6.07 Å². The number of aliphatic hydroxyl groups is 1. The van der Waals surface area contributed by atoms with Gasteiger partial charge in [-0.2, -0.15) is 0 Å². The van der Waals surface area contributed by atoms with Crippen LogP contribution in [0.1, 0.15) is 32.3 Å². The van der Waals surface area contributed by atoms with Gasteiger partial charge in [0, 0.05) is 19.6 Å². The van der Waals surface area contributed by atoms with E-state index in [4.69, 9.17) is 0 Å². The van der Waals surface area contributed by atoms with E-state index in [1.165, 1.54) is 0 Å². The molecule has 1 atom stereocenters. The molecule has 2 N–H and O–H groups in total. The molecule has 0 aliphatic carbocycles. The Balaban J connectivity index is 1.98. The molecule has 2 rings (SSSR count). The molecule has 20 heavy (non-hydrogen) atoms. The van der Waals surface area contributed by atoms with Crippen LogP contribution in [0.2, 0.25) is 0 Å². The maximum atomic E-state index is 14.2. The van der Waals surface area contributed by atoms with E-state index in [1.807, 2.05) is 17.0 Å². The van der Waals surface area contributed by atoms with E-state index < -0.39 is 0 Å². The highest BCUT2D eigenvalue weighted by atomic mass is 19.1. The Hall–Kier alpha value is -1.13. The normalized spacial score (nSPS) is 19.6. The molecule has 0 bridgehead atoms. The zero-order valence-electron chi connectivity index (χ0n) is 12.4. The van der Waals surface area contributed by atoms with E-state index in [0.29, 0.717) is 24.7 Å². The number of anilines is 1. The number of rotatable bonds is 5. The van der Waals surface area contributed by atoms with Gasteiger partial charge in [0.05, 0.1) is 11.8 Å². The van der Waals surface area contributed by atoms with Gasteiger partial charge in [-0.05, 0) is 43.0 Å². The second kappa shape index (κ2) is 7.04. The van der Waals surface area contributed by atoms with Gasteiger partial charge in [-0.1, -0.05) is 19.9 Å². The van der Waals surface area contributed by atoms with Crippen LogP contribution in [-0.4, -0.2) is 30.8 Å². The summed E-state index contributed by atoms with van der Waals surface area (Å²) < 4.78 is 14.2. The van der Waals surface area contributed by atoms with E-state index in [-0.39, 0.29) is 11.9 Å². The van der Waals surface area contributed by atoms with Gasteiger partial charge >= 0.3 is 0 Å². The zero-order valence-corrected chi connectivity index (χ0v) is 12.4. The Morgan fingerprint density at radius 3 is 2.90 bits per heavy atom. The second-order valence-corrected chi connectivity index (χ2v) is 6.05. The summed E-state index contributed by atoms with van der Waals surface area (Å²) in [4.78, 5) is 1.94. The molecule has 1 aliphatic rings. The molecule has 1 aliphatic heterocycles. The lowest BCUT2D eigenvalue weighted by Gasteiger charge is -2.32. The number of aliphatic hydroxyl groups excluding tert-OH is 1. The lowest BCUT2D eigenvalue weighted by molar-refractivity contribution is 0.154. The summed E-state index contributed by atoms with van der Waals surface area (Å²) >= 11 is 0. The molecule has 0 aromatic heterocycles. The average Bonchev–Trinajstić information content (AvgIpc) is 2.38. The first kappa shape index (κ1) is 15.3. The van der Waals surface area contributed by atoms with Gasteiger partial charge in [0.2, 0.25) is 0 Å². The van der Waals surface area contributed by atoms with E-state index in [2.05, 4.69) is 19.2 Å². The van der Waals surface area contributed by atoms with E-state index >= 15 is 0 Å². The Morgan fingerprint density at radius 1 is 1.45 bits per heavy atom. The molecule has 3 nitrogen and oxygen atoms in total. The molecule has 1 aromatic rings. The van der Waals surface area contributed by atoms with E-state index in [0.717, 1.165) is 31.5 Å². The van der Waals surface area contributed by atoms with Crippen molar-refractivity contribution in [3.05, 3.63) is 29.6 Å². The van der Waals surface area contributed by atoms with Gasteiger partial charge in [-0.3, -0.25) is 0 Å². The third kappa shape index (κ3) is 4.18. The summed E-state index contributed by atoms with van der Waals surface area (Å²) in [5.41, 5.74) is 1.57. The number of hydrogen-bond donors (Lipinski definition) is 2. The summed E-state index contributed by atoms with van der Waals surface area (Å²) in [6.45, 7) is 7.27. The highest BCUT2D eigenvalue weighted by Gasteiger charge is 2.20. The summed E-state index contributed by atoms with van der Waals surface area (Å²) in [6.07, 6.45) is 1.39. The fourth-order valence-electron chi connectivity index (χ4n) is 2.60. The van der Waals surface area contributed by atoms with Crippen LogP contribution < -0.4 is 10.2 Å². The third-order valence-electron chi connectivity index (χ3n) is 3.63.